The molecule has 0 unspecified atom stereocenters. The number of aliphatic imine (C=N–C) groups is 1. The average Bonchev–Trinajstić information content (AvgIpc) is 3.08. The number of hydrogen-bond donors (Lipinski definition) is 1. The molecule has 3 rings (SSSR count). The van der Waals surface area contributed by atoms with Gasteiger partial charge in [-0.1, -0.05) is 52.3 Å². The van der Waals surface area contributed by atoms with Gasteiger partial charge in [-0.25, -0.2) is 0 Å². The lowest BCUT2D eigenvalue weighted by Gasteiger charge is -2.41. The summed E-state index contributed by atoms with van der Waals surface area (Å²) >= 11 is 0. The minimum absolute atomic E-state index is 0.0677. The summed E-state index contributed by atoms with van der Waals surface area (Å²) in [7, 11) is 1.84. The Morgan fingerprint density at radius 1 is 1.04 bits per heavy atom. The van der Waals surface area contributed by atoms with E-state index < -0.39 is 0 Å². The molecular formula is C25H35NO2. The molecule has 0 bridgehead atoms. The summed E-state index contributed by atoms with van der Waals surface area (Å²) in [5.74, 6) is 1.64. The van der Waals surface area contributed by atoms with E-state index in [1.54, 1.807) is 11.1 Å². The second kappa shape index (κ2) is 7.09. The third-order valence-corrected chi connectivity index (χ3v) is 7.14. The van der Waals surface area contributed by atoms with E-state index in [1.807, 2.05) is 31.3 Å². The van der Waals surface area contributed by atoms with Gasteiger partial charge in [0.1, 0.15) is 11.5 Å². The highest BCUT2D eigenvalue weighted by atomic mass is 16.5. The summed E-state index contributed by atoms with van der Waals surface area (Å²) in [5, 5.41) is 9.55. The maximum absolute atomic E-state index is 9.55. The van der Waals surface area contributed by atoms with Gasteiger partial charge >= 0.3 is 0 Å². The molecule has 2 aliphatic rings. The summed E-state index contributed by atoms with van der Waals surface area (Å²) in [6.45, 7) is 15.4. The molecule has 2 aliphatic carbocycles. The Bertz CT molecular complexity index is 797. The number of aliphatic hydroxyl groups is 1. The minimum Gasteiger partial charge on any atom is -0.508 e. The second-order valence-electron chi connectivity index (χ2n) is 9.81. The fraction of sp³-hybridized carbons (Fsp3) is 0.560. The molecule has 3 heteroatoms. The van der Waals surface area contributed by atoms with Gasteiger partial charge in [0, 0.05) is 12.6 Å². The van der Waals surface area contributed by atoms with Crippen LogP contribution < -0.4 is 4.74 Å². The fourth-order valence-electron chi connectivity index (χ4n) is 4.95. The van der Waals surface area contributed by atoms with Gasteiger partial charge in [-0.05, 0) is 67.2 Å². The largest absolute Gasteiger partial charge is 0.508 e. The molecule has 3 nitrogen and oxygen atoms in total. The number of benzene rings is 1. The number of nitrogens with zero attached hydrogens (tertiary/aromatic N) is 1. The third kappa shape index (κ3) is 3.52. The Kier molecular flexibility index (Phi) is 5.24. The van der Waals surface area contributed by atoms with Gasteiger partial charge in [-0.3, -0.25) is 4.99 Å². The van der Waals surface area contributed by atoms with Crippen molar-refractivity contribution >= 4 is 11.7 Å². The van der Waals surface area contributed by atoms with Crippen molar-refractivity contribution in [3.63, 3.8) is 0 Å². The normalized spacial score (nSPS) is 22.7. The first-order valence-electron chi connectivity index (χ1n) is 10.4. The molecule has 0 aliphatic heterocycles. The first-order chi connectivity index (χ1) is 13.0. The van der Waals surface area contributed by atoms with Crippen LogP contribution in [0.3, 0.4) is 0 Å². The van der Waals surface area contributed by atoms with Gasteiger partial charge in [-0.2, -0.15) is 0 Å². The molecule has 0 saturated heterocycles. The molecule has 0 fully saturated rings. The smallest absolute Gasteiger partial charge is 0.196 e. The molecule has 0 radical (unpaired) electrons. The van der Waals surface area contributed by atoms with Crippen molar-refractivity contribution in [2.45, 2.75) is 66.7 Å². The Labute approximate surface area is 170 Å². The molecule has 0 aromatic heterocycles. The highest BCUT2D eigenvalue weighted by Gasteiger charge is 2.51. The Morgan fingerprint density at radius 3 is 1.93 bits per heavy atom. The van der Waals surface area contributed by atoms with E-state index in [4.69, 9.17) is 4.74 Å². The van der Waals surface area contributed by atoms with Crippen LogP contribution in [0.1, 0.15) is 72.3 Å². The monoisotopic (exact) mass is 381 g/mol. The van der Waals surface area contributed by atoms with Crippen LogP contribution in [-0.4, -0.2) is 18.1 Å². The highest BCUT2D eigenvalue weighted by Crippen LogP contribution is 2.61. The van der Waals surface area contributed by atoms with Crippen molar-refractivity contribution in [2.75, 3.05) is 7.05 Å². The standard InChI is InChI=1S/C25H35NO2/c1-8-25(15-20-21(16-25)24(5,6)14-13-23(20,3)4)22(26-7)28-19-11-9-18(10-12-19)17(2)27/h9-12,27H,2,8,13-16H2,1,3-7H3. The lowest BCUT2D eigenvalue weighted by molar-refractivity contribution is 0.262. The van der Waals surface area contributed by atoms with Crippen LogP contribution in [0.5, 0.6) is 5.75 Å². The van der Waals surface area contributed by atoms with Gasteiger partial charge in [0.15, 0.2) is 5.90 Å². The Morgan fingerprint density at radius 2 is 1.54 bits per heavy atom. The topological polar surface area (TPSA) is 41.8 Å². The van der Waals surface area contributed by atoms with E-state index >= 15 is 0 Å². The average molecular weight is 382 g/mol. The molecule has 1 N–H and O–H groups in total. The van der Waals surface area contributed by atoms with Gasteiger partial charge in [0.2, 0.25) is 0 Å². The van der Waals surface area contributed by atoms with Crippen LogP contribution in [0, 0.1) is 16.2 Å². The first kappa shape index (κ1) is 20.7. The summed E-state index contributed by atoms with van der Waals surface area (Å²) in [6.07, 6.45) is 5.56. The quantitative estimate of drug-likeness (QED) is 0.265. The molecule has 0 heterocycles. The fourth-order valence-corrected chi connectivity index (χ4v) is 4.95. The highest BCUT2D eigenvalue weighted by molar-refractivity contribution is 5.86. The number of allylic oxidation sites excluding steroid dienone is 2. The molecule has 0 spiro atoms. The first-order valence-corrected chi connectivity index (χ1v) is 10.4. The van der Waals surface area contributed by atoms with Crippen LogP contribution in [-0.2, 0) is 0 Å². The van der Waals surface area contributed by atoms with Crippen LogP contribution in [0.2, 0.25) is 0 Å². The zero-order valence-corrected chi connectivity index (χ0v) is 18.4. The predicted molar refractivity (Wildman–Crippen MR) is 118 cm³/mol. The number of ether oxygens (including phenoxy) is 1. The van der Waals surface area contributed by atoms with Gasteiger partial charge < -0.3 is 9.84 Å². The van der Waals surface area contributed by atoms with Crippen molar-refractivity contribution in [3.8, 4) is 5.75 Å². The molecule has 28 heavy (non-hydrogen) atoms. The predicted octanol–water partition coefficient (Wildman–Crippen LogP) is 6.96. The summed E-state index contributed by atoms with van der Waals surface area (Å²) in [5.41, 5.74) is 4.39. The lowest BCUT2D eigenvalue weighted by atomic mass is 9.64. The number of rotatable bonds is 4. The van der Waals surface area contributed by atoms with Crippen LogP contribution in [0.15, 0.2) is 47.0 Å². The molecule has 0 saturated carbocycles. The third-order valence-electron chi connectivity index (χ3n) is 7.14. The van der Waals surface area contributed by atoms with Crippen LogP contribution in [0.4, 0.5) is 0 Å². The molecular weight excluding hydrogens is 346 g/mol. The molecule has 0 amide bonds. The summed E-state index contributed by atoms with van der Waals surface area (Å²) < 4.78 is 6.33. The van der Waals surface area contributed by atoms with Gasteiger partial charge in [-0.15, -0.1) is 0 Å². The van der Waals surface area contributed by atoms with E-state index in [0.717, 1.165) is 30.9 Å². The second-order valence-corrected chi connectivity index (χ2v) is 9.81. The zero-order valence-electron chi connectivity index (χ0n) is 18.4. The van der Waals surface area contributed by atoms with Crippen molar-refractivity contribution in [1.82, 2.24) is 0 Å². The van der Waals surface area contributed by atoms with Gasteiger partial charge in [0.05, 0.1) is 5.41 Å². The summed E-state index contributed by atoms with van der Waals surface area (Å²) in [6, 6.07) is 7.41. The molecule has 1 aromatic rings. The van der Waals surface area contributed by atoms with Crippen LogP contribution >= 0.6 is 0 Å². The van der Waals surface area contributed by atoms with Gasteiger partial charge in [0.25, 0.3) is 0 Å². The number of aliphatic hydroxyl groups excluding tert-OH is 1. The van der Waals surface area contributed by atoms with Crippen molar-refractivity contribution in [1.29, 1.82) is 0 Å². The van der Waals surface area contributed by atoms with Crippen molar-refractivity contribution in [2.24, 2.45) is 21.2 Å². The Hall–Kier alpha value is -2.03. The van der Waals surface area contributed by atoms with E-state index in [1.165, 1.54) is 12.8 Å². The zero-order chi connectivity index (χ0) is 20.7. The van der Waals surface area contributed by atoms with Crippen molar-refractivity contribution in [3.05, 3.63) is 47.6 Å². The molecule has 152 valence electrons. The van der Waals surface area contributed by atoms with E-state index in [2.05, 4.69) is 46.2 Å². The summed E-state index contributed by atoms with van der Waals surface area (Å²) in [4.78, 5) is 4.62. The maximum Gasteiger partial charge on any atom is 0.196 e. The van der Waals surface area contributed by atoms with E-state index in [-0.39, 0.29) is 22.0 Å². The molecule has 0 atom stereocenters. The number of hydrogen-bond acceptors (Lipinski definition) is 3. The Balaban J connectivity index is 1.91. The SMILES string of the molecule is C=C(O)c1ccc(OC(=NC)C2(CC)CC3=C(C2)C(C)(C)CCC3(C)C)cc1. The maximum atomic E-state index is 9.55. The lowest BCUT2D eigenvalue weighted by Crippen LogP contribution is -2.33. The minimum atomic E-state index is -0.0719. The van der Waals surface area contributed by atoms with Crippen molar-refractivity contribution < 1.29 is 9.84 Å². The van der Waals surface area contributed by atoms with E-state index in [0.29, 0.717) is 5.56 Å². The molecule has 1 aromatic carbocycles. The van der Waals surface area contributed by atoms with E-state index in [9.17, 15) is 5.11 Å². The van der Waals surface area contributed by atoms with Crippen LogP contribution in [0.25, 0.3) is 5.76 Å².